The molecule has 2 aliphatic carbocycles. The Morgan fingerprint density at radius 1 is 1.35 bits per heavy atom. The topological polar surface area (TPSA) is 58.3 Å². The predicted octanol–water partition coefficient (Wildman–Crippen LogP) is 1.62. The zero-order valence-electron chi connectivity index (χ0n) is 10.0. The fourth-order valence-corrected chi connectivity index (χ4v) is 2.76. The van der Waals surface area contributed by atoms with Crippen LogP contribution in [0.2, 0.25) is 0 Å². The molecule has 4 N–H and O–H groups in total. The number of anilines is 1. The number of aryl methyl sites for hydroxylation is 1. The number of hydrogen-bond acceptors (Lipinski definition) is 3. The number of fused-ring (bicyclic) bond motifs is 1. The Bertz CT molecular complexity index is 415. The van der Waals surface area contributed by atoms with Crippen LogP contribution in [-0.4, -0.2) is 17.8 Å². The predicted molar refractivity (Wildman–Crippen MR) is 68.6 cm³/mol. The van der Waals surface area contributed by atoms with E-state index in [1.807, 2.05) is 6.07 Å². The van der Waals surface area contributed by atoms with Gasteiger partial charge in [-0.1, -0.05) is 6.07 Å². The molecule has 0 radical (unpaired) electrons. The molecule has 0 heterocycles. The summed E-state index contributed by atoms with van der Waals surface area (Å²) in [5, 5.41) is 13.3. The van der Waals surface area contributed by atoms with Crippen molar-refractivity contribution < 1.29 is 5.11 Å². The molecule has 2 atom stereocenters. The molecule has 0 spiro atoms. The average molecular weight is 232 g/mol. The lowest BCUT2D eigenvalue weighted by Crippen LogP contribution is -2.30. The first-order chi connectivity index (χ1) is 8.24. The van der Waals surface area contributed by atoms with E-state index < -0.39 is 0 Å². The van der Waals surface area contributed by atoms with Gasteiger partial charge >= 0.3 is 0 Å². The molecule has 3 rings (SSSR count). The lowest BCUT2D eigenvalue weighted by molar-refractivity contribution is 0.144. The first-order valence-electron chi connectivity index (χ1n) is 6.54. The summed E-state index contributed by atoms with van der Waals surface area (Å²) < 4.78 is 0. The van der Waals surface area contributed by atoms with Gasteiger partial charge < -0.3 is 16.2 Å². The summed E-state index contributed by atoms with van der Waals surface area (Å²) in [5.74, 6) is 0.551. The maximum absolute atomic E-state index is 9.86. The molecule has 3 nitrogen and oxygen atoms in total. The molecule has 1 aromatic carbocycles. The second-order valence-corrected chi connectivity index (χ2v) is 5.36. The highest BCUT2D eigenvalue weighted by Crippen LogP contribution is 2.34. The van der Waals surface area contributed by atoms with Gasteiger partial charge in [-0.25, -0.2) is 0 Å². The Hall–Kier alpha value is -1.06. The monoisotopic (exact) mass is 232 g/mol. The molecule has 0 aromatic heterocycles. The van der Waals surface area contributed by atoms with Gasteiger partial charge in [0.2, 0.25) is 0 Å². The molecule has 3 heteroatoms. The molecule has 0 aliphatic heterocycles. The van der Waals surface area contributed by atoms with Crippen molar-refractivity contribution in [2.24, 2.45) is 5.92 Å². The fraction of sp³-hybridized carbons (Fsp3) is 0.571. The van der Waals surface area contributed by atoms with Gasteiger partial charge in [-0.15, -0.1) is 0 Å². The third-order valence-corrected chi connectivity index (χ3v) is 3.98. The Morgan fingerprint density at radius 2 is 2.18 bits per heavy atom. The molecule has 2 unspecified atom stereocenters. The van der Waals surface area contributed by atoms with E-state index in [1.54, 1.807) is 0 Å². The van der Waals surface area contributed by atoms with E-state index in [-0.39, 0.29) is 6.10 Å². The zero-order valence-corrected chi connectivity index (χ0v) is 10.0. The van der Waals surface area contributed by atoms with Crippen LogP contribution in [0.5, 0.6) is 0 Å². The Balaban J connectivity index is 1.62. The van der Waals surface area contributed by atoms with Crippen LogP contribution >= 0.6 is 0 Å². The standard InChI is InChI=1S/C14H20N2O/c15-11-4-5-12-10(7-11)3-6-13(12)16-8-14(17)9-1-2-9/h4-5,7,9,13-14,16-17H,1-3,6,8,15H2. The summed E-state index contributed by atoms with van der Waals surface area (Å²) in [7, 11) is 0. The molecule has 0 saturated heterocycles. The number of hydrogen-bond donors (Lipinski definition) is 3. The number of nitrogens with one attached hydrogen (secondary N) is 1. The summed E-state index contributed by atoms with van der Waals surface area (Å²) in [6.07, 6.45) is 4.45. The summed E-state index contributed by atoms with van der Waals surface area (Å²) in [5.41, 5.74) is 9.36. The molecular formula is C14H20N2O. The van der Waals surface area contributed by atoms with Crippen molar-refractivity contribution in [2.45, 2.75) is 37.8 Å². The van der Waals surface area contributed by atoms with Crippen LogP contribution in [0.4, 0.5) is 5.69 Å². The van der Waals surface area contributed by atoms with Crippen LogP contribution in [0.1, 0.15) is 36.4 Å². The second kappa shape index (κ2) is 4.31. The van der Waals surface area contributed by atoms with E-state index >= 15 is 0 Å². The van der Waals surface area contributed by atoms with Crippen molar-refractivity contribution in [3.8, 4) is 0 Å². The summed E-state index contributed by atoms with van der Waals surface area (Å²) in [6, 6.07) is 6.57. The number of nitrogens with two attached hydrogens (primary N) is 1. The van der Waals surface area contributed by atoms with Gasteiger partial charge in [0.1, 0.15) is 0 Å². The SMILES string of the molecule is Nc1ccc2c(c1)CCC2NCC(O)C1CC1. The second-order valence-electron chi connectivity index (χ2n) is 5.36. The minimum absolute atomic E-state index is 0.159. The van der Waals surface area contributed by atoms with E-state index in [9.17, 15) is 5.11 Å². The molecule has 2 aliphatic rings. The van der Waals surface area contributed by atoms with Gasteiger partial charge in [-0.3, -0.25) is 0 Å². The summed E-state index contributed by atoms with van der Waals surface area (Å²) in [4.78, 5) is 0. The molecule has 1 saturated carbocycles. The number of rotatable bonds is 4. The van der Waals surface area contributed by atoms with Crippen LogP contribution in [0.3, 0.4) is 0 Å². The van der Waals surface area contributed by atoms with Gasteiger partial charge in [-0.2, -0.15) is 0 Å². The van der Waals surface area contributed by atoms with Gasteiger partial charge in [0, 0.05) is 18.3 Å². The molecule has 1 aromatic rings. The third kappa shape index (κ3) is 2.31. The zero-order chi connectivity index (χ0) is 11.8. The van der Waals surface area contributed by atoms with Crippen LogP contribution in [0.15, 0.2) is 18.2 Å². The largest absolute Gasteiger partial charge is 0.399 e. The first kappa shape index (κ1) is 11.1. The molecule has 17 heavy (non-hydrogen) atoms. The molecule has 0 amide bonds. The number of aliphatic hydroxyl groups is 1. The minimum atomic E-state index is -0.159. The molecule has 0 bridgehead atoms. The normalized spacial score (nSPS) is 24.6. The summed E-state index contributed by atoms with van der Waals surface area (Å²) in [6.45, 7) is 0.721. The average Bonchev–Trinajstić information content (AvgIpc) is 3.08. The number of nitrogen functional groups attached to an aromatic ring is 1. The van der Waals surface area contributed by atoms with E-state index in [0.717, 1.165) is 25.1 Å². The van der Waals surface area contributed by atoms with E-state index in [2.05, 4.69) is 17.4 Å². The maximum atomic E-state index is 9.86. The highest BCUT2D eigenvalue weighted by molar-refractivity contribution is 5.47. The van der Waals surface area contributed by atoms with E-state index in [1.165, 1.54) is 24.0 Å². The van der Waals surface area contributed by atoms with Crippen LogP contribution < -0.4 is 11.1 Å². The number of aliphatic hydroxyl groups excluding tert-OH is 1. The van der Waals surface area contributed by atoms with Gasteiger partial charge in [-0.05, 0) is 54.9 Å². The van der Waals surface area contributed by atoms with Crippen molar-refractivity contribution in [3.63, 3.8) is 0 Å². The van der Waals surface area contributed by atoms with Crippen molar-refractivity contribution in [2.75, 3.05) is 12.3 Å². The van der Waals surface area contributed by atoms with Crippen molar-refractivity contribution in [1.29, 1.82) is 0 Å². The highest BCUT2D eigenvalue weighted by atomic mass is 16.3. The quantitative estimate of drug-likeness (QED) is 0.691. The first-order valence-corrected chi connectivity index (χ1v) is 6.54. The van der Waals surface area contributed by atoms with Gasteiger partial charge in [0.05, 0.1) is 6.10 Å². The Labute approximate surface area is 102 Å². The van der Waals surface area contributed by atoms with Crippen molar-refractivity contribution in [1.82, 2.24) is 5.32 Å². The van der Waals surface area contributed by atoms with E-state index in [0.29, 0.717) is 12.0 Å². The minimum Gasteiger partial charge on any atom is -0.399 e. The lowest BCUT2D eigenvalue weighted by atomic mass is 10.1. The van der Waals surface area contributed by atoms with E-state index in [4.69, 9.17) is 5.73 Å². The lowest BCUT2D eigenvalue weighted by Gasteiger charge is -2.17. The molecule has 92 valence electrons. The van der Waals surface area contributed by atoms with Gasteiger partial charge in [0.15, 0.2) is 0 Å². The Kier molecular flexibility index (Phi) is 2.81. The third-order valence-electron chi connectivity index (χ3n) is 3.98. The van der Waals surface area contributed by atoms with Crippen molar-refractivity contribution in [3.05, 3.63) is 29.3 Å². The van der Waals surface area contributed by atoms with Crippen LogP contribution in [0, 0.1) is 5.92 Å². The highest BCUT2D eigenvalue weighted by Gasteiger charge is 2.30. The Morgan fingerprint density at radius 3 is 2.94 bits per heavy atom. The van der Waals surface area contributed by atoms with Crippen LogP contribution in [0.25, 0.3) is 0 Å². The molecular weight excluding hydrogens is 212 g/mol. The van der Waals surface area contributed by atoms with Crippen molar-refractivity contribution >= 4 is 5.69 Å². The summed E-state index contributed by atoms with van der Waals surface area (Å²) >= 11 is 0. The maximum Gasteiger partial charge on any atom is 0.0692 e. The van der Waals surface area contributed by atoms with Gasteiger partial charge in [0.25, 0.3) is 0 Å². The fourth-order valence-electron chi connectivity index (χ4n) is 2.76. The number of benzene rings is 1. The van der Waals surface area contributed by atoms with Crippen LogP contribution in [-0.2, 0) is 6.42 Å². The molecule has 1 fully saturated rings. The smallest absolute Gasteiger partial charge is 0.0692 e.